The van der Waals surface area contributed by atoms with Crippen LogP contribution in [0.4, 0.5) is 5.69 Å². The second-order valence-corrected chi connectivity index (χ2v) is 8.91. The van der Waals surface area contributed by atoms with Crippen LogP contribution in [0.25, 0.3) is 22.6 Å². The van der Waals surface area contributed by atoms with E-state index in [-0.39, 0.29) is 5.91 Å². The molecule has 2 aliphatic rings. The van der Waals surface area contributed by atoms with Gasteiger partial charge in [0.15, 0.2) is 5.82 Å². The van der Waals surface area contributed by atoms with Gasteiger partial charge < -0.3 is 9.88 Å². The van der Waals surface area contributed by atoms with Crippen molar-refractivity contribution in [3.05, 3.63) is 29.0 Å². The minimum Gasteiger partial charge on any atom is -0.337 e. The van der Waals surface area contributed by atoms with Crippen LogP contribution in [0, 0.1) is 18.3 Å². The van der Waals surface area contributed by atoms with Gasteiger partial charge in [0.2, 0.25) is 5.91 Å². The van der Waals surface area contributed by atoms with Crippen LogP contribution >= 0.6 is 0 Å². The molecule has 6 heteroatoms. The number of hydrogen-bond acceptors (Lipinski definition) is 3. The van der Waals surface area contributed by atoms with E-state index in [1.165, 1.54) is 17.7 Å². The molecule has 0 saturated heterocycles. The van der Waals surface area contributed by atoms with E-state index in [9.17, 15) is 4.79 Å². The zero-order valence-electron chi connectivity index (χ0n) is 17.0. The molecule has 0 bridgehead atoms. The van der Waals surface area contributed by atoms with Crippen molar-refractivity contribution in [3.8, 4) is 11.5 Å². The zero-order valence-corrected chi connectivity index (χ0v) is 17.0. The third-order valence-electron chi connectivity index (χ3n) is 6.75. The molecule has 0 spiro atoms. The van der Waals surface area contributed by atoms with Crippen LogP contribution < -0.4 is 4.90 Å². The monoisotopic (exact) mass is 377 g/mol. The Kier molecular flexibility index (Phi) is 3.70. The van der Waals surface area contributed by atoms with Gasteiger partial charge in [0, 0.05) is 30.4 Å². The number of imidazole rings is 1. The van der Waals surface area contributed by atoms with Gasteiger partial charge in [-0.05, 0) is 61.6 Å². The minimum absolute atomic E-state index is 0.134. The Bertz CT molecular complexity index is 1090. The van der Waals surface area contributed by atoms with E-state index in [1.54, 1.807) is 4.90 Å². The maximum absolute atomic E-state index is 12.3. The summed E-state index contributed by atoms with van der Waals surface area (Å²) in [4.78, 5) is 22.4. The molecule has 2 atom stereocenters. The summed E-state index contributed by atoms with van der Waals surface area (Å²) in [5, 5.41) is 7.86. The first kappa shape index (κ1) is 17.5. The van der Waals surface area contributed by atoms with E-state index in [2.05, 4.69) is 28.2 Å². The van der Waals surface area contributed by atoms with E-state index in [0.29, 0.717) is 11.8 Å². The number of aryl methyl sites for hydroxylation is 1. The van der Waals surface area contributed by atoms with Crippen molar-refractivity contribution in [3.63, 3.8) is 0 Å². The van der Waals surface area contributed by atoms with Gasteiger partial charge in [-0.25, -0.2) is 4.98 Å². The number of hydrogen-bond donors (Lipinski definition) is 2. The number of benzene rings is 1. The molecule has 0 aliphatic heterocycles. The number of aromatic amines is 2. The molecule has 5 rings (SSSR count). The summed E-state index contributed by atoms with van der Waals surface area (Å²) < 4.78 is 0. The number of H-pyrrole nitrogens is 2. The number of amides is 1. The fourth-order valence-corrected chi connectivity index (χ4v) is 4.80. The van der Waals surface area contributed by atoms with Gasteiger partial charge in [0.25, 0.3) is 0 Å². The molecule has 1 saturated carbocycles. The fraction of sp³-hybridized carbons (Fsp3) is 0.500. The molecule has 1 fully saturated rings. The average Bonchev–Trinajstić information content (AvgIpc) is 2.97. The third kappa shape index (κ3) is 2.58. The molecule has 3 aromatic rings. The van der Waals surface area contributed by atoms with E-state index >= 15 is 0 Å². The van der Waals surface area contributed by atoms with Crippen molar-refractivity contribution in [1.82, 2.24) is 20.2 Å². The topological polar surface area (TPSA) is 77.7 Å². The van der Waals surface area contributed by atoms with E-state index < -0.39 is 0 Å². The smallest absolute Gasteiger partial charge is 0.226 e. The molecule has 1 aromatic carbocycles. The maximum atomic E-state index is 12.3. The van der Waals surface area contributed by atoms with Crippen LogP contribution in [-0.4, -0.2) is 33.1 Å². The number of rotatable bonds is 4. The number of carbonyl (C=O) groups is 1. The van der Waals surface area contributed by atoms with Crippen LogP contribution in [0.5, 0.6) is 0 Å². The minimum atomic E-state index is 0.134. The third-order valence-corrected chi connectivity index (χ3v) is 6.75. The average molecular weight is 377 g/mol. The van der Waals surface area contributed by atoms with E-state index in [4.69, 9.17) is 4.98 Å². The lowest BCUT2D eigenvalue weighted by Gasteiger charge is -2.19. The molecule has 1 amide bonds. The molecule has 0 radical (unpaired) electrons. The number of carbonyl (C=O) groups excluding carboxylic acids is 1. The summed E-state index contributed by atoms with van der Waals surface area (Å²) in [6.45, 7) is 6.44. The molecule has 2 aromatic heterocycles. The lowest BCUT2D eigenvalue weighted by atomic mass is 9.88. The van der Waals surface area contributed by atoms with Crippen molar-refractivity contribution in [2.75, 3.05) is 11.9 Å². The first-order valence-electron chi connectivity index (χ1n) is 10.2. The second-order valence-electron chi connectivity index (χ2n) is 8.91. The second kappa shape index (κ2) is 5.93. The van der Waals surface area contributed by atoms with E-state index in [1.807, 2.05) is 27.0 Å². The summed E-state index contributed by atoms with van der Waals surface area (Å²) in [5.74, 6) is 1.73. The van der Waals surface area contributed by atoms with Crippen LogP contribution in [0.2, 0.25) is 0 Å². The highest BCUT2D eigenvalue weighted by Gasteiger charge is 2.53. The predicted molar refractivity (Wildman–Crippen MR) is 110 cm³/mol. The molecular weight excluding hydrogens is 350 g/mol. The molecule has 0 unspecified atom stereocenters. The Morgan fingerprint density at radius 3 is 3.00 bits per heavy atom. The molecule has 146 valence electrons. The number of anilines is 1. The summed E-state index contributed by atoms with van der Waals surface area (Å²) in [7, 11) is 1.84. The number of fused-ring (bicyclic) bond motifs is 3. The summed E-state index contributed by atoms with van der Waals surface area (Å²) in [6.07, 6.45) is 4.90. The zero-order chi connectivity index (χ0) is 19.6. The Hall–Kier alpha value is -2.63. The van der Waals surface area contributed by atoms with Crippen molar-refractivity contribution in [1.29, 1.82) is 0 Å². The van der Waals surface area contributed by atoms with Crippen molar-refractivity contribution >= 4 is 22.6 Å². The van der Waals surface area contributed by atoms with Crippen molar-refractivity contribution in [2.24, 2.45) is 11.3 Å². The summed E-state index contributed by atoms with van der Waals surface area (Å²) >= 11 is 0. The standard InChI is InChI=1S/C22H27N5O/c1-5-6-19(28)27(4)18-9-16-15(7-12(18)2)23-21(24-16)20-14-8-13-10-22(13,3)11-17(14)25-26-20/h7,9,13H,5-6,8,10-11H2,1-4H3,(H,23,24)(H,25,26)/t13-,22-/m1/s1. The molecule has 6 nitrogen and oxygen atoms in total. The molecule has 2 heterocycles. The van der Waals surface area contributed by atoms with Crippen LogP contribution in [0.3, 0.4) is 0 Å². The van der Waals surface area contributed by atoms with Gasteiger partial charge in [-0.3, -0.25) is 9.89 Å². The van der Waals surface area contributed by atoms with Gasteiger partial charge >= 0.3 is 0 Å². The quantitative estimate of drug-likeness (QED) is 0.717. The Balaban J connectivity index is 1.52. The summed E-state index contributed by atoms with van der Waals surface area (Å²) in [6, 6.07) is 4.09. The van der Waals surface area contributed by atoms with Crippen molar-refractivity contribution < 1.29 is 4.79 Å². The first-order chi connectivity index (χ1) is 13.4. The van der Waals surface area contributed by atoms with Gasteiger partial charge in [-0.1, -0.05) is 13.8 Å². The number of aromatic nitrogens is 4. The normalized spacial score (nSPS) is 22.8. The van der Waals surface area contributed by atoms with Crippen LogP contribution in [0.1, 0.15) is 49.9 Å². The number of nitrogens with zero attached hydrogens (tertiary/aromatic N) is 3. The fourth-order valence-electron chi connectivity index (χ4n) is 4.80. The van der Waals surface area contributed by atoms with E-state index in [0.717, 1.165) is 59.0 Å². The molecule has 28 heavy (non-hydrogen) atoms. The highest BCUT2D eigenvalue weighted by atomic mass is 16.2. The van der Waals surface area contributed by atoms with Gasteiger partial charge in [-0.2, -0.15) is 5.10 Å². The largest absolute Gasteiger partial charge is 0.337 e. The highest BCUT2D eigenvalue weighted by molar-refractivity contribution is 5.96. The molecular formula is C22H27N5O. The lowest BCUT2D eigenvalue weighted by Crippen LogP contribution is -2.26. The highest BCUT2D eigenvalue weighted by Crippen LogP contribution is 2.59. The van der Waals surface area contributed by atoms with Crippen LogP contribution in [0.15, 0.2) is 12.1 Å². The Labute approximate surface area is 164 Å². The van der Waals surface area contributed by atoms with Gasteiger partial charge in [0.05, 0.1) is 11.0 Å². The molecule has 2 N–H and O–H groups in total. The first-order valence-corrected chi connectivity index (χ1v) is 10.2. The predicted octanol–water partition coefficient (Wildman–Crippen LogP) is 4.15. The van der Waals surface area contributed by atoms with Crippen molar-refractivity contribution in [2.45, 2.75) is 52.9 Å². The van der Waals surface area contributed by atoms with Gasteiger partial charge in [-0.15, -0.1) is 0 Å². The number of nitrogens with one attached hydrogen (secondary N) is 2. The lowest BCUT2D eigenvalue weighted by molar-refractivity contribution is -0.118. The Morgan fingerprint density at radius 1 is 1.39 bits per heavy atom. The van der Waals surface area contributed by atoms with Gasteiger partial charge in [0.1, 0.15) is 5.69 Å². The summed E-state index contributed by atoms with van der Waals surface area (Å²) in [5.41, 5.74) is 7.86. The Morgan fingerprint density at radius 2 is 2.21 bits per heavy atom. The SMILES string of the molecule is CCCC(=O)N(C)c1cc2nc(-c3n[nH]c4c3C[C@@H]3C[C@]3(C)C4)[nH]c2cc1C. The maximum Gasteiger partial charge on any atom is 0.226 e. The van der Waals surface area contributed by atoms with Crippen LogP contribution in [-0.2, 0) is 17.6 Å². The molecule has 2 aliphatic carbocycles.